The second-order valence-corrected chi connectivity index (χ2v) is 6.29. The van der Waals surface area contributed by atoms with E-state index < -0.39 is 0 Å². The first-order valence-corrected chi connectivity index (χ1v) is 9.03. The minimum atomic E-state index is 0.295. The van der Waals surface area contributed by atoms with Crippen molar-refractivity contribution in [1.29, 1.82) is 0 Å². The van der Waals surface area contributed by atoms with Gasteiger partial charge >= 0.3 is 0 Å². The molecule has 0 aliphatic heterocycles. The lowest BCUT2D eigenvalue weighted by Gasteiger charge is -2.10. The van der Waals surface area contributed by atoms with Crippen molar-refractivity contribution < 1.29 is 0 Å². The molecule has 0 radical (unpaired) electrons. The summed E-state index contributed by atoms with van der Waals surface area (Å²) in [5, 5.41) is 4.30. The van der Waals surface area contributed by atoms with Gasteiger partial charge in [-0.05, 0) is 25.3 Å². The highest BCUT2D eigenvalue weighted by Gasteiger charge is 2.06. The monoisotopic (exact) mass is 293 g/mol. The van der Waals surface area contributed by atoms with E-state index in [-0.39, 0.29) is 0 Å². The van der Waals surface area contributed by atoms with Gasteiger partial charge in [-0.2, -0.15) is 5.10 Å². The van der Waals surface area contributed by atoms with Gasteiger partial charge in [-0.15, -0.1) is 0 Å². The number of unbranched alkanes of at least 4 members (excludes halogenated alkanes) is 8. The van der Waals surface area contributed by atoms with Crippen LogP contribution < -0.4 is 5.73 Å². The van der Waals surface area contributed by atoms with E-state index in [2.05, 4.69) is 25.1 Å². The summed E-state index contributed by atoms with van der Waals surface area (Å²) in [7, 11) is 0. The predicted molar refractivity (Wildman–Crippen MR) is 91.4 cm³/mol. The van der Waals surface area contributed by atoms with Gasteiger partial charge in [0, 0.05) is 18.8 Å². The molecule has 1 heterocycles. The molecule has 1 aromatic heterocycles. The molecule has 3 heteroatoms. The lowest BCUT2D eigenvalue weighted by molar-refractivity contribution is 0.522. The summed E-state index contributed by atoms with van der Waals surface area (Å²) in [6, 6.07) is 0.295. The zero-order chi connectivity index (χ0) is 15.3. The fourth-order valence-corrected chi connectivity index (χ4v) is 2.81. The molecule has 1 unspecified atom stereocenters. The maximum Gasteiger partial charge on any atom is 0.0522 e. The number of hydrogen-bond acceptors (Lipinski definition) is 2. The Morgan fingerprint density at radius 3 is 2.19 bits per heavy atom. The molecule has 0 aliphatic carbocycles. The van der Waals surface area contributed by atoms with E-state index in [1.165, 1.54) is 63.4 Å². The third-order valence-corrected chi connectivity index (χ3v) is 4.19. The third kappa shape index (κ3) is 8.92. The van der Waals surface area contributed by atoms with Crippen LogP contribution in [-0.2, 0) is 13.0 Å². The van der Waals surface area contributed by atoms with Gasteiger partial charge in [-0.1, -0.05) is 64.7 Å². The Hall–Kier alpha value is -0.830. The molecule has 1 rings (SSSR count). The summed E-state index contributed by atoms with van der Waals surface area (Å²) in [6.07, 6.45) is 18.6. The molecule has 0 spiro atoms. The largest absolute Gasteiger partial charge is 0.327 e. The standard InChI is InChI=1S/C18H35N3/c1-3-5-6-7-8-9-10-11-12-13-18(19)14-17-15-20-21(4-2)16-17/h15-16,18H,3-14,19H2,1-2H3. The molecule has 0 fully saturated rings. The predicted octanol–water partition coefficient (Wildman–Crippen LogP) is 4.69. The number of hydrogen-bond donors (Lipinski definition) is 1. The molecule has 1 atom stereocenters. The Morgan fingerprint density at radius 1 is 1.00 bits per heavy atom. The highest BCUT2D eigenvalue weighted by atomic mass is 15.3. The topological polar surface area (TPSA) is 43.8 Å². The minimum absolute atomic E-state index is 0.295. The second-order valence-electron chi connectivity index (χ2n) is 6.29. The lowest BCUT2D eigenvalue weighted by atomic mass is 10.0. The van der Waals surface area contributed by atoms with E-state index in [0.717, 1.165) is 19.4 Å². The van der Waals surface area contributed by atoms with Crippen LogP contribution in [-0.4, -0.2) is 15.8 Å². The molecule has 0 saturated heterocycles. The van der Waals surface area contributed by atoms with Crippen molar-refractivity contribution in [2.24, 2.45) is 5.73 Å². The highest BCUT2D eigenvalue weighted by Crippen LogP contribution is 2.12. The SMILES string of the molecule is CCCCCCCCCCCC(N)Cc1cnn(CC)c1. The molecular weight excluding hydrogens is 258 g/mol. The average Bonchev–Trinajstić information content (AvgIpc) is 2.93. The van der Waals surface area contributed by atoms with Crippen LogP contribution in [0, 0.1) is 0 Å². The Morgan fingerprint density at radius 2 is 1.62 bits per heavy atom. The lowest BCUT2D eigenvalue weighted by Crippen LogP contribution is -2.22. The van der Waals surface area contributed by atoms with Gasteiger partial charge in [-0.3, -0.25) is 4.68 Å². The Labute approximate surface area is 131 Å². The molecule has 3 nitrogen and oxygen atoms in total. The molecule has 21 heavy (non-hydrogen) atoms. The first-order valence-electron chi connectivity index (χ1n) is 9.03. The van der Waals surface area contributed by atoms with Crippen LogP contribution in [0.25, 0.3) is 0 Å². The quantitative estimate of drug-likeness (QED) is 0.536. The summed E-state index contributed by atoms with van der Waals surface area (Å²) >= 11 is 0. The molecule has 0 aromatic carbocycles. The molecule has 2 N–H and O–H groups in total. The van der Waals surface area contributed by atoms with Crippen molar-refractivity contribution in [3.8, 4) is 0 Å². The summed E-state index contributed by atoms with van der Waals surface area (Å²) in [5.41, 5.74) is 7.49. The molecule has 0 bridgehead atoms. The summed E-state index contributed by atoms with van der Waals surface area (Å²) < 4.78 is 1.97. The highest BCUT2D eigenvalue weighted by molar-refractivity contribution is 5.05. The average molecular weight is 293 g/mol. The zero-order valence-electron chi connectivity index (χ0n) is 14.2. The van der Waals surface area contributed by atoms with Crippen LogP contribution in [0.1, 0.15) is 83.6 Å². The van der Waals surface area contributed by atoms with Crippen molar-refractivity contribution in [2.45, 2.75) is 97.1 Å². The maximum atomic E-state index is 6.22. The Kier molecular flexibility index (Phi) is 10.2. The van der Waals surface area contributed by atoms with Crippen LogP contribution in [0.2, 0.25) is 0 Å². The van der Waals surface area contributed by atoms with Crippen molar-refractivity contribution in [3.05, 3.63) is 18.0 Å². The molecule has 1 aromatic rings. The van der Waals surface area contributed by atoms with Gasteiger partial charge in [0.1, 0.15) is 0 Å². The number of nitrogens with two attached hydrogens (primary N) is 1. The maximum absolute atomic E-state index is 6.22. The van der Waals surface area contributed by atoms with Crippen molar-refractivity contribution >= 4 is 0 Å². The van der Waals surface area contributed by atoms with Crippen LogP contribution in [0.5, 0.6) is 0 Å². The molecule has 122 valence electrons. The third-order valence-electron chi connectivity index (χ3n) is 4.19. The summed E-state index contributed by atoms with van der Waals surface area (Å²) in [6.45, 7) is 5.32. The molecule has 0 aliphatic rings. The first-order chi connectivity index (χ1) is 10.3. The Balaban J connectivity index is 1.94. The Bertz CT molecular complexity index is 346. The van der Waals surface area contributed by atoms with Gasteiger partial charge in [0.2, 0.25) is 0 Å². The minimum Gasteiger partial charge on any atom is -0.327 e. The normalized spacial score (nSPS) is 12.7. The van der Waals surface area contributed by atoms with Crippen molar-refractivity contribution in [2.75, 3.05) is 0 Å². The van der Waals surface area contributed by atoms with Crippen molar-refractivity contribution in [1.82, 2.24) is 9.78 Å². The molecule has 0 amide bonds. The van der Waals surface area contributed by atoms with Crippen LogP contribution >= 0.6 is 0 Å². The van der Waals surface area contributed by atoms with Gasteiger partial charge in [0.05, 0.1) is 6.20 Å². The van der Waals surface area contributed by atoms with Gasteiger partial charge in [-0.25, -0.2) is 0 Å². The van der Waals surface area contributed by atoms with Gasteiger partial charge in [0.15, 0.2) is 0 Å². The zero-order valence-corrected chi connectivity index (χ0v) is 14.2. The second kappa shape index (κ2) is 11.8. The number of aromatic nitrogens is 2. The van der Waals surface area contributed by atoms with E-state index in [4.69, 9.17) is 5.73 Å². The van der Waals surface area contributed by atoms with Crippen LogP contribution in [0.3, 0.4) is 0 Å². The number of aryl methyl sites for hydroxylation is 1. The first kappa shape index (κ1) is 18.2. The van der Waals surface area contributed by atoms with E-state index in [0.29, 0.717) is 6.04 Å². The number of rotatable bonds is 13. The van der Waals surface area contributed by atoms with Crippen LogP contribution in [0.4, 0.5) is 0 Å². The fraction of sp³-hybridized carbons (Fsp3) is 0.833. The van der Waals surface area contributed by atoms with E-state index >= 15 is 0 Å². The van der Waals surface area contributed by atoms with Crippen LogP contribution in [0.15, 0.2) is 12.4 Å². The van der Waals surface area contributed by atoms with Gasteiger partial charge < -0.3 is 5.73 Å². The fourth-order valence-electron chi connectivity index (χ4n) is 2.81. The number of nitrogens with zero attached hydrogens (tertiary/aromatic N) is 2. The molecule has 0 saturated carbocycles. The van der Waals surface area contributed by atoms with E-state index in [1.807, 2.05) is 10.9 Å². The summed E-state index contributed by atoms with van der Waals surface area (Å²) in [4.78, 5) is 0. The summed E-state index contributed by atoms with van der Waals surface area (Å²) in [5.74, 6) is 0. The van der Waals surface area contributed by atoms with E-state index in [1.54, 1.807) is 0 Å². The van der Waals surface area contributed by atoms with Crippen molar-refractivity contribution in [3.63, 3.8) is 0 Å². The van der Waals surface area contributed by atoms with E-state index in [9.17, 15) is 0 Å². The molecular formula is C18H35N3. The smallest absolute Gasteiger partial charge is 0.0522 e. The van der Waals surface area contributed by atoms with Gasteiger partial charge in [0.25, 0.3) is 0 Å².